The molecule has 0 bridgehead atoms. The van der Waals surface area contributed by atoms with E-state index in [0.717, 1.165) is 38.9 Å². The number of aryl methyl sites for hydroxylation is 2. The molecule has 96 valence electrons. The summed E-state index contributed by atoms with van der Waals surface area (Å²) in [6.45, 7) is 0.826. The summed E-state index contributed by atoms with van der Waals surface area (Å²) in [6.07, 6.45) is 2.69. The number of benzene rings is 1. The highest BCUT2D eigenvalue weighted by Crippen LogP contribution is 2.20. The summed E-state index contributed by atoms with van der Waals surface area (Å²) < 4.78 is 3.93. The van der Waals surface area contributed by atoms with E-state index in [1.807, 2.05) is 36.5 Å². The second-order valence-corrected chi connectivity index (χ2v) is 5.62. The molecule has 2 aromatic heterocycles. The van der Waals surface area contributed by atoms with Gasteiger partial charge in [0.25, 0.3) is 0 Å². The van der Waals surface area contributed by atoms with Gasteiger partial charge < -0.3 is 9.55 Å². The smallest absolute Gasteiger partial charge is 0.178 e. The molecule has 2 heterocycles. The highest BCUT2D eigenvalue weighted by atomic mass is 79.9. The molecule has 19 heavy (non-hydrogen) atoms. The maximum Gasteiger partial charge on any atom is 0.178 e. The van der Waals surface area contributed by atoms with Gasteiger partial charge in [-0.15, -0.1) is 0 Å². The largest absolute Gasteiger partial charge is 0.331 e. The number of H-pyrrole nitrogens is 1. The molecule has 0 fully saturated rings. The zero-order valence-corrected chi connectivity index (χ0v) is 12.5. The quantitative estimate of drug-likeness (QED) is 0.732. The van der Waals surface area contributed by atoms with Crippen molar-refractivity contribution in [2.45, 2.75) is 13.0 Å². The predicted octanol–water partition coefficient (Wildman–Crippen LogP) is 4.10. The van der Waals surface area contributed by atoms with Gasteiger partial charge in [-0.05, 0) is 42.5 Å². The number of halogens is 1. The number of imidazole rings is 1. The second-order valence-electron chi connectivity index (χ2n) is 4.31. The third kappa shape index (κ3) is 2.62. The molecule has 5 heteroatoms. The van der Waals surface area contributed by atoms with Crippen LogP contribution in [0.5, 0.6) is 0 Å². The fourth-order valence-electron chi connectivity index (χ4n) is 2.12. The number of aromatic amines is 1. The minimum atomic E-state index is 0.754. The molecule has 3 nitrogen and oxygen atoms in total. The van der Waals surface area contributed by atoms with Crippen molar-refractivity contribution in [3.63, 3.8) is 0 Å². The van der Waals surface area contributed by atoms with Gasteiger partial charge in [-0.25, -0.2) is 0 Å². The Hall–Kier alpha value is -1.46. The molecule has 1 aromatic carbocycles. The van der Waals surface area contributed by atoms with Crippen LogP contribution in [-0.4, -0.2) is 14.5 Å². The predicted molar refractivity (Wildman–Crippen MR) is 82.8 cm³/mol. The zero-order chi connectivity index (χ0) is 13.2. The summed E-state index contributed by atoms with van der Waals surface area (Å²) >= 11 is 8.88. The van der Waals surface area contributed by atoms with E-state index in [1.54, 1.807) is 0 Å². The van der Waals surface area contributed by atoms with Gasteiger partial charge in [0.15, 0.2) is 4.77 Å². The van der Waals surface area contributed by atoms with E-state index in [0.29, 0.717) is 0 Å². The summed E-state index contributed by atoms with van der Waals surface area (Å²) in [4.78, 5) is 7.57. The highest BCUT2D eigenvalue weighted by Gasteiger charge is 2.05. The molecule has 0 aliphatic rings. The average molecular weight is 334 g/mol. The number of rotatable bonds is 3. The van der Waals surface area contributed by atoms with E-state index in [2.05, 4.69) is 36.5 Å². The first kappa shape index (κ1) is 12.6. The Morgan fingerprint density at radius 2 is 2.16 bits per heavy atom. The third-order valence-corrected chi connectivity index (χ3v) is 3.87. The van der Waals surface area contributed by atoms with Crippen LogP contribution in [-0.2, 0) is 13.0 Å². The Morgan fingerprint density at radius 1 is 1.26 bits per heavy atom. The number of fused-ring (bicyclic) bond motifs is 1. The molecule has 1 N–H and O–H groups in total. The monoisotopic (exact) mass is 333 g/mol. The van der Waals surface area contributed by atoms with Gasteiger partial charge in [-0.3, -0.25) is 4.98 Å². The number of aromatic nitrogens is 3. The lowest BCUT2D eigenvalue weighted by molar-refractivity contribution is 0.695. The summed E-state index contributed by atoms with van der Waals surface area (Å²) in [6, 6.07) is 12.1. The van der Waals surface area contributed by atoms with Crippen LogP contribution in [0.1, 0.15) is 5.69 Å². The first-order valence-corrected chi connectivity index (χ1v) is 7.22. The normalized spacial score (nSPS) is 11.0. The Bertz CT molecular complexity index is 761. The fraction of sp³-hybridized carbons (Fsp3) is 0.143. The van der Waals surface area contributed by atoms with Crippen molar-refractivity contribution >= 4 is 39.2 Å². The van der Waals surface area contributed by atoms with Crippen molar-refractivity contribution in [3.05, 3.63) is 57.5 Å². The van der Waals surface area contributed by atoms with E-state index in [1.165, 1.54) is 0 Å². The van der Waals surface area contributed by atoms with Crippen molar-refractivity contribution < 1.29 is 0 Å². The van der Waals surface area contributed by atoms with Crippen LogP contribution < -0.4 is 0 Å². The van der Waals surface area contributed by atoms with Gasteiger partial charge in [0, 0.05) is 29.3 Å². The van der Waals surface area contributed by atoms with Gasteiger partial charge >= 0.3 is 0 Å². The van der Waals surface area contributed by atoms with E-state index < -0.39 is 0 Å². The molecule has 3 aromatic rings. The van der Waals surface area contributed by atoms with Crippen LogP contribution >= 0.6 is 28.1 Å². The highest BCUT2D eigenvalue weighted by molar-refractivity contribution is 9.10. The van der Waals surface area contributed by atoms with Crippen LogP contribution in [0.15, 0.2) is 47.1 Å². The molecular weight excluding hydrogens is 322 g/mol. The van der Waals surface area contributed by atoms with Crippen molar-refractivity contribution in [1.29, 1.82) is 0 Å². The topological polar surface area (TPSA) is 33.6 Å². The number of hydrogen-bond donors (Lipinski definition) is 1. The third-order valence-electron chi connectivity index (χ3n) is 3.06. The van der Waals surface area contributed by atoms with E-state index >= 15 is 0 Å². The molecule has 0 spiro atoms. The molecule has 0 unspecified atom stereocenters. The van der Waals surface area contributed by atoms with Gasteiger partial charge in [0.1, 0.15) is 0 Å². The molecule has 0 saturated heterocycles. The number of nitrogens with zero attached hydrogens (tertiary/aromatic N) is 2. The Labute approximate surface area is 124 Å². The van der Waals surface area contributed by atoms with Crippen LogP contribution in [0.4, 0.5) is 0 Å². The van der Waals surface area contributed by atoms with Crippen molar-refractivity contribution in [1.82, 2.24) is 14.5 Å². The maximum atomic E-state index is 5.38. The Morgan fingerprint density at radius 3 is 2.95 bits per heavy atom. The molecule has 0 aliphatic carbocycles. The number of hydrogen-bond acceptors (Lipinski definition) is 2. The Kier molecular flexibility index (Phi) is 3.48. The molecule has 0 amide bonds. The molecule has 0 atom stereocenters. The minimum absolute atomic E-state index is 0.754. The molecule has 3 rings (SSSR count). The fourth-order valence-corrected chi connectivity index (χ4v) is 2.77. The SMILES string of the molecule is S=c1[nH]c2ccc(Br)cc2n1CCc1ccccn1. The first-order valence-electron chi connectivity index (χ1n) is 6.02. The van der Waals surface area contributed by atoms with E-state index in [9.17, 15) is 0 Å². The second kappa shape index (κ2) is 5.27. The Balaban J connectivity index is 1.94. The van der Waals surface area contributed by atoms with Gasteiger partial charge in [0.05, 0.1) is 11.0 Å². The zero-order valence-electron chi connectivity index (χ0n) is 10.1. The summed E-state index contributed by atoms with van der Waals surface area (Å²) in [7, 11) is 0. The van der Waals surface area contributed by atoms with Crippen LogP contribution in [0.2, 0.25) is 0 Å². The lowest BCUT2D eigenvalue weighted by atomic mass is 10.2. The van der Waals surface area contributed by atoms with E-state index in [-0.39, 0.29) is 0 Å². The average Bonchev–Trinajstić information content (AvgIpc) is 2.73. The lowest BCUT2D eigenvalue weighted by Crippen LogP contribution is -2.02. The molecule has 0 radical (unpaired) electrons. The standard InChI is InChI=1S/C14H12BrN3S/c15-10-4-5-12-13(9-10)18(14(19)17-12)8-6-11-3-1-2-7-16-11/h1-5,7,9H,6,8H2,(H,17,19). The van der Waals surface area contributed by atoms with Gasteiger partial charge in [0.2, 0.25) is 0 Å². The maximum absolute atomic E-state index is 5.38. The molecule has 0 aliphatic heterocycles. The van der Waals surface area contributed by atoms with E-state index in [4.69, 9.17) is 12.2 Å². The number of pyridine rings is 1. The van der Waals surface area contributed by atoms with Crippen LogP contribution in [0, 0.1) is 4.77 Å². The summed E-state index contributed by atoms with van der Waals surface area (Å²) in [5, 5.41) is 0. The minimum Gasteiger partial charge on any atom is -0.331 e. The molecular formula is C14H12BrN3S. The van der Waals surface area contributed by atoms with Crippen molar-refractivity contribution in [2.75, 3.05) is 0 Å². The summed E-state index contributed by atoms with van der Waals surface area (Å²) in [5.74, 6) is 0. The summed E-state index contributed by atoms with van der Waals surface area (Å²) in [5.41, 5.74) is 3.26. The molecule has 0 saturated carbocycles. The lowest BCUT2D eigenvalue weighted by Gasteiger charge is -2.04. The number of nitrogens with one attached hydrogen (secondary N) is 1. The van der Waals surface area contributed by atoms with Gasteiger partial charge in [-0.1, -0.05) is 22.0 Å². The van der Waals surface area contributed by atoms with Crippen molar-refractivity contribution in [3.8, 4) is 0 Å². The first-order chi connectivity index (χ1) is 9.24. The van der Waals surface area contributed by atoms with Gasteiger partial charge in [-0.2, -0.15) is 0 Å². The van der Waals surface area contributed by atoms with Crippen LogP contribution in [0.25, 0.3) is 11.0 Å². The van der Waals surface area contributed by atoms with Crippen LogP contribution in [0.3, 0.4) is 0 Å². The van der Waals surface area contributed by atoms with Crippen molar-refractivity contribution in [2.24, 2.45) is 0 Å².